The molecular weight excluding hydrogens is 172 g/mol. The normalized spacial score (nSPS) is 12.8. The molecule has 0 unspecified atom stereocenters. The van der Waals surface area contributed by atoms with E-state index in [0.29, 0.717) is 5.76 Å². The highest BCUT2D eigenvalue weighted by molar-refractivity contribution is 6.28. The van der Waals surface area contributed by atoms with Gasteiger partial charge in [-0.25, -0.2) is 0 Å². The molecule has 0 heterocycles. The third-order valence-electron chi connectivity index (χ3n) is 1.01. The first-order valence-corrected chi connectivity index (χ1v) is 4.06. The SMILES string of the molecule is C=C(Cl)OC(/C=C\C)=C/C=C\C. The van der Waals surface area contributed by atoms with E-state index in [1.807, 2.05) is 44.2 Å². The van der Waals surface area contributed by atoms with Crippen LogP contribution >= 0.6 is 11.6 Å². The molecule has 0 bridgehead atoms. The molecule has 0 aromatic carbocycles. The molecular formula is C10H13ClO. The lowest BCUT2D eigenvalue weighted by molar-refractivity contribution is 0.353. The molecule has 0 aliphatic rings. The van der Waals surface area contributed by atoms with Gasteiger partial charge in [-0.1, -0.05) is 18.2 Å². The first kappa shape index (κ1) is 11.1. The lowest BCUT2D eigenvalue weighted by Gasteiger charge is -2.01. The fourth-order valence-corrected chi connectivity index (χ4v) is 0.696. The summed E-state index contributed by atoms with van der Waals surface area (Å²) < 4.78 is 5.09. The summed E-state index contributed by atoms with van der Waals surface area (Å²) in [6, 6.07) is 0. The van der Waals surface area contributed by atoms with E-state index in [1.165, 1.54) is 0 Å². The monoisotopic (exact) mass is 184 g/mol. The van der Waals surface area contributed by atoms with Gasteiger partial charge in [-0.3, -0.25) is 0 Å². The predicted molar refractivity (Wildman–Crippen MR) is 53.8 cm³/mol. The van der Waals surface area contributed by atoms with Crippen LogP contribution in [0, 0.1) is 0 Å². The van der Waals surface area contributed by atoms with Crippen molar-refractivity contribution >= 4 is 11.6 Å². The van der Waals surface area contributed by atoms with Crippen molar-refractivity contribution in [2.75, 3.05) is 0 Å². The van der Waals surface area contributed by atoms with Crippen molar-refractivity contribution in [2.24, 2.45) is 0 Å². The van der Waals surface area contributed by atoms with Gasteiger partial charge in [-0.15, -0.1) is 0 Å². The zero-order valence-corrected chi connectivity index (χ0v) is 8.14. The minimum Gasteiger partial charge on any atom is -0.446 e. The van der Waals surface area contributed by atoms with Crippen LogP contribution in [0.5, 0.6) is 0 Å². The Morgan fingerprint density at radius 3 is 2.42 bits per heavy atom. The minimum atomic E-state index is 0.170. The topological polar surface area (TPSA) is 9.23 Å². The fraction of sp³-hybridized carbons (Fsp3) is 0.200. The van der Waals surface area contributed by atoms with Gasteiger partial charge in [0.25, 0.3) is 0 Å². The second kappa shape index (κ2) is 6.74. The molecule has 12 heavy (non-hydrogen) atoms. The van der Waals surface area contributed by atoms with Crippen LogP contribution in [0.1, 0.15) is 13.8 Å². The summed E-state index contributed by atoms with van der Waals surface area (Å²) in [5, 5.41) is 0.170. The molecule has 0 atom stereocenters. The minimum absolute atomic E-state index is 0.170. The van der Waals surface area contributed by atoms with Crippen molar-refractivity contribution in [2.45, 2.75) is 13.8 Å². The predicted octanol–water partition coefficient (Wildman–Crippen LogP) is 3.75. The summed E-state index contributed by atoms with van der Waals surface area (Å²) in [6.07, 6.45) is 9.27. The molecule has 0 rings (SSSR count). The first-order chi connectivity index (χ1) is 5.70. The Hall–Kier alpha value is -0.950. The van der Waals surface area contributed by atoms with Gasteiger partial charge >= 0.3 is 0 Å². The standard InChI is InChI=1S/C10H13ClO/c1-4-6-8-10(7-5-2)12-9(3)11/h4-8H,3H2,1-2H3/b6-4-,7-5-,10-8+. The van der Waals surface area contributed by atoms with Gasteiger partial charge in [0, 0.05) is 0 Å². The number of hydrogen-bond acceptors (Lipinski definition) is 1. The molecule has 66 valence electrons. The Labute approximate surface area is 78.7 Å². The van der Waals surface area contributed by atoms with Gasteiger partial charge in [-0.2, -0.15) is 0 Å². The quantitative estimate of drug-likeness (QED) is 0.478. The largest absolute Gasteiger partial charge is 0.446 e. The van der Waals surface area contributed by atoms with E-state index >= 15 is 0 Å². The van der Waals surface area contributed by atoms with Crippen LogP contribution in [0.15, 0.2) is 47.9 Å². The molecule has 0 aliphatic carbocycles. The van der Waals surface area contributed by atoms with Crippen molar-refractivity contribution in [3.63, 3.8) is 0 Å². The van der Waals surface area contributed by atoms with Gasteiger partial charge in [0.05, 0.1) is 0 Å². The zero-order valence-electron chi connectivity index (χ0n) is 7.38. The van der Waals surface area contributed by atoms with Crippen LogP contribution < -0.4 is 0 Å². The maximum Gasteiger partial charge on any atom is 0.186 e. The van der Waals surface area contributed by atoms with Crippen LogP contribution in [0.3, 0.4) is 0 Å². The third kappa shape index (κ3) is 5.81. The van der Waals surface area contributed by atoms with E-state index < -0.39 is 0 Å². The van der Waals surface area contributed by atoms with E-state index in [0.717, 1.165) is 0 Å². The first-order valence-electron chi connectivity index (χ1n) is 3.68. The molecule has 0 N–H and O–H groups in total. The molecule has 0 saturated carbocycles. The summed E-state index contributed by atoms with van der Waals surface area (Å²) in [5.41, 5.74) is 0. The van der Waals surface area contributed by atoms with Gasteiger partial charge in [-0.05, 0) is 44.2 Å². The second-order valence-electron chi connectivity index (χ2n) is 2.05. The molecule has 0 aliphatic heterocycles. The average molecular weight is 185 g/mol. The van der Waals surface area contributed by atoms with Crippen molar-refractivity contribution in [1.29, 1.82) is 0 Å². The van der Waals surface area contributed by atoms with Gasteiger partial charge in [0.15, 0.2) is 5.22 Å². The van der Waals surface area contributed by atoms with Gasteiger partial charge < -0.3 is 4.74 Å². The van der Waals surface area contributed by atoms with Crippen LogP contribution in [0.2, 0.25) is 0 Å². The summed E-state index contributed by atoms with van der Waals surface area (Å²) >= 11 is 5.47. The number of rotatable bonds is 4. The average Bonchev–Trinajstić information content (AvgIpc) is 2.00. The highest BCUT2D eigenvalue weighted by Crippen LogP contribution is 2.09. The van der Waals surface area contributed by atoms with Crippen LogP contribution in [0.4, 0.5) is 0 Å². The van der Waals surface area contributed by atoms with Crippen molar-refractivity contribution in [3.05, 3.63) is 47.9 Å². The lowest BCUT2D eigenvalue weighted by atomic mass is 10.4. The number of ether oxygens (including phenoxy) is 1. The molecule has 0 aromatic heterocycles. The Kier molecular flexibility index (Phi) is 6.21. The van der Waals surface area contributed by atoms with Crippen molar-refractivity contribution in [3.8, 4) is 0 Å². The van der Waals surface area contributed by atoms with Crippen LogP contribution in [-0.4, -0.2) is 0 Å². The molecule has 0 radical (unpaired) electrons. The molecule has 0 fully saturated rings. The summed E-state index contributed by atoms with van der Waals surface area (Å²) in [4.78, 5) is 0. The molecule has 1 nitrogen and oxygen atoms in total. The fourth-order valence-electron chi connectivity index (χ4n) is 0.607. The maximum absolute atomic E-state index is 5.47. The highest BCUT2D eigenvalue weighted by Gasteiger charge is 1.91. The van der Waals surface area contributed by atoms with E-state index in [4.69, 9.17) is 16.3 Å². The number of hydrogen-bond donors (Lipinski definition) is 0. The zero-order chi connectivity index (χ0) is 9.40. The second-order valence-corrected chi connectivity index (χ2v) is 2.47. The number of allylic oxidation sites excluding steroid dienone is 5. The smallest absolute Gasteiger partial charge is 0.186 e. The van der Waals surface area contributed by atoms with E-state index in [2.05, 4.69) is 6.58 Å². The van der Waals surface area contributed by atoms with E-state index in [9.17, 15) is 0 Å². The van der Waals surface area contributed by atoms with Gasteiger partial charge in [0.2, 0.25) is 0 Å². The molecule has 0 saturated heterocycles. The van der Waals surface area contributed by atoms with Gasteiger partial charge in [0.1, 0.15) is 5.76 Å². The molecule has 2 heteroatoms. The Morgan fingerprint density at radius 1 is 1.33 bits per heavy atom. The number of halogens is 1. The summed E-state index contributed by atoms with van der Waals surface area (Å²) in [5.74, 6) is 0.676. The summed E-state index contributed by atoms with van der Waals surface area (Å²) in [7, 11) is 0. The summed E-state index contributed by atoms with van der Waals surface area (Å²) in [6.45, 7) is 7.27. The van der Waals surface area contributed by atoms with E-state index in [1.54, 1.807) is 0 Å². The van der Waals surface area contributed by atoms with Crippen molar-refractivity contribution < 1.29 is 4.74 Å². The molecule has 0 aromatic rings. The van der Waals surface area contributed by atoms with Crippen LogP contribution in [-0.2, 0) is 4.74 Å². The Bertz CT molecular complexity index is 224. The van der Waals surface area contributed by atoms with E-state index in [-0.39, 0.29) is 5.22 Å². The lowest BCUT2D eigenvalue weighted by Crippen LogP contribution is -1.82. The maximum atomic E-state index is 5.47. The highest BCUT2D eigenvalue weighted by atomic mass is 35.5. The third-order valence-corrected chi connectivity index (χ3v) is 1.09. The Balaban J connectivity index is 4.32. The van der Waals surface area contributed by atoms with Crippen LogP contribution in [0.25, 0.3) is 0 Å². The van der Waals surface area contributed by atoms with Crippen molar-refractivity contribution in [1.82, 2.24) is 0 Å². The molecule has 0 amide bonds. The Morgan fingerprint density at radius 2 is 2.00 bits per heavy atom. The molecule has 0 spiro atoms.